The quantitative estimate of drug-likeness (QED) is 0.460. The van der Waals surface area contributed by atoms with Crippen molar-refractivity contribution >= 4 is 27.6 Å². The molecule has 0 radical (unpaired) electrons. The Bertz CT molecular complexity index is 1430. The van der Waals surface area contributed by atoms with Gasteiger partial charge in [0.2, 0.25) is 0 Å². The molecule has 5 aromatic rings. The number of aromatic nitrogens is 7. The number of pyridine rings is 2. The van der Waals surface area contributed by atoms with Crippen molar-refractivity contribution in [3.05, 3.63) is 42.6 Å². The zero-order valence-corrected chi connectivity index (χ0v) is 18.4. The highest BCUT2D eigenvalue weighted by Crippen LogP contribution is 2.33. The van der Waals surface area contributed by atoms with E-state index in [4.69, 9.17) is 4.98 Å². The maximum atomic E-state index is 4.72. The Morgan fingerprint density at radius 2 is 1.75 bits per heavy atom. The summed E-state index contributed by atoms with van der Waals surface area (Å²) >= 11 is 0. The number of aromatic amines is 2. The SMILES string of the molecule is Cc1ncc(-c2cc3c(-c4cc5c(N6CCN(C)CC6)nccc5[nH]4)n[nH]c3cn2)n1C. The van der Waals surface area contributed by atoms with E-state index in [-0.39, 0.29) is 0 Å². The minimum atomic E-state index is 0.874. The van der Waals surface area contributed by atoms with Crippen LogP contribution in [0.2, 0.25) is 0 Å². The van der Waals surface area contributed by atoms with Gasteiger partial charge in [-0.3, -0.25) is 10.1 Å². The molecule has 5 aromatic heterocycles. The highest BCUT2D eigenvalue weighted by Gasteiger charge is 2.20. The van der Waals surface area contributed by atoms with Crippen molar-refractivity contribution in [1.29, 1.82) is 0 Å². The number of piperazine rings is 1. The average Bonchev–Trinajstić information content (AvgIpc) is 3.50. The van der Waals surface area contributed by atoms with Crippen molar-refractivity contribution in [3.8, 4) is 22.8 Å². The van der Waals surface area contributed by atoms with E-state index in [1.807, 2.05) is 43.2 Å². The fraction of sp³-hybridized carbons (Fsp3) is 0.304. The number of likely N-dealkylation sites (N-methyl/N-ethyl adjacent to an activating group) is 1. The molecule has 9 heteroatoms. The van der Waals surface area contributed by atoms with E-state index in [1.54, 1.807) is 0 Å². The second kappa shape index (κ2) is 7.16. The Balaban J connectivity index is 1.45. The topological polar surface area (TPSA) is 94.6 Å². The first-order valence-electron chi connectivity index (χ1n) is 10.8. The Morgan fingerprint density at radius 3 is 2.53 bits per heavy atom. The summed E-state index contributed by atoms with van der Waals surface area (Å²) in [6, 6.07) is 6.27. The molecule has 0 atom stereocenters. The minimum absolute atomic E-state index is 0.874. The summed E-state index contributed by atoms with van der Waals surface area (Å²) in [5.41, 5.74) is 5.67. The zero-order chi connectivity index (χ0) is 21.8. The third-order valence-electron chi connectivity index (χ3n) is 6.52. The lowest BCUT2D eigenvalue weighted by atomic mass is 10.1. The van der Waals surface area contributed by atoms with Gasteiger partial charge in [0, 0.05) is 50.2 Å². The van der Waals surface area contributed by atoms with Crippen molar-refractivity contribution in [2.24, 2.45) is 7.05 Å². The number of imidazole rings is 1. The largest absolute Gasteiger partial charge is 0.353 e. The molecule has 162 valence electrons. The van der Waals surface area contributed by atoms with Gasteiger partial charge in [-0.25, -0.2) is 9.97 Å². The maximum Gasteiger partial charge on any atom is 0.138 e. The second-order valence-electron chi connectivity index (χ2n) is 8.51. The molecule has 9 nitrogen and oxygen atoms in total. The second-order valence-corrected chi connectivity index (χ2v) is 8.51. The van der Waals surface area contributed by atoms with Crippen molar-refractivity contribution < 1.29 is 0 Å². The molecule has 1 fully saturated rings. The van der Waals surface area contributed by atoms with E-state index in [0.717, 1.165) is 82.4 Å². The van der Waals surface area contributed by atoms with Crippen LogP contribution in [0.3, 0.4) is 0 Å². The highest BCUT2D eigenvalue weighted by atomic mass is 15.3. The molecule has 0 aromatic carbocycles. The monoisotopic (exact) mass is 427 g/mol. The Labute approximate surface area is 185 Å². The normalized spacial score (nSPS) is 15.3. The Morgan fingerprint density at radius 1 is 0.906 bits per heavy atom. The molecule has 0 unspecified atom stereocenters. The van der Waals surface area contributed by atoms with E-state index in [2.05, 4.69) is 54.1 Å². The van der Waals surface area contributed by atoms with E-state index in [0.29, 0.717) is 0 Å². The van der Waals surface area contributed by atoms with Gasteiger partial charge in [0.25, 0.3) is 0 Å². The lowest BCUT2D eigenvalue weighted by Crippen LogP contribution is -2.44. The van der Waals surface area contributed by atoms with Crippen LogP contribution in [0.1, 0.15) is 5.82 Å². The number of aryl methyl sites for hydroxylation is 1. The molecule has 32 heavy (non-hydrogen) atoms. The molecule has 2 N–H and O–H groups in total. The van der Waals surface area contributed by atoms with Gasteiger partial charge in [-0.2, -0.15) is 5.10 Å². The molecular formula is C23H25N9. The molecule has 6 heterocycles. The summed E-state index contributed by atoms with van der Waals surface area (Å²) in [5, 5.41) is 9.89. The summed E-state index contributed by atoms with van der Waals surface area (Å²) < 4.78 is 2.05. The summed E-state index contributed by atoms with van der Waals surface area (Å²) in [7, 11) is 4.17. The Hall–Kier alpha value is -3.72. The van der Waals surface area contributed by atoms with E-state index < -0.39 is 0 Å². The molecule has 1 saturated heterocycles. The minimum Gasteiger partial charge on any atom is -0.353 e. The summed E-state index contributed by atoms with van der Waals surface area (Å²) in [4.78, 5) is 22.0. The van der Waals surface area contributed by atoms with Gasteiger partial charge in [0.05, 0.1) is 40.5 Å². The molecular weight excluding hydrogens is 402 g/mol. The van der Waals surface area contributed by atoms with Gasteiger partial charge in [-0.15, -0.1) is 0 Å². The summed E-state index contributed by atoms with van der Waals surface area (Å²) in [5.74, 6) is 1.99. The first-order chi connectivity index (χ1) is 15.6. The van der Waals surface area contributed by atoms with Crippen LogP contribution in [0.4, 0.5) is 5.82 Å². The fourth-order valence-corrected chi connectivity index (χ4v) is 4.44. The smallest absolute Gasteiger partial charge is 0.138 e. The number of nitrogens with zero attached hydrogens (tertiary/aromatic N) is 7. The van der Waals surface area contributed by atoms with Crippen molar-refractivity contribution in [3.63, 3.8) is 0 Å². The number of hydrogen-bond donors (Lipinski definition) is 2. The number of nitrogens with one attached hydrogen (secondary N) is 2. The van der Waals surface area contributed by atoms with Gasteiger partial charge < -0.3 is 19.4 Å². The molecule has 0 amide bonds. The van der Waals surface area contributed by atoms with Crippen LogP contribution in [0.25, 0.3) is 44.6 Å². The predicted molar refractivity (Wildman–Crippen MR) is 126 cm³/mol. The van der Waals surface area contributed by atoms with Crippen LogP contribution in [0, 0.1) is 6.92 Å². The maximum absolute atomic E-state index is 4.72. The summed E-state index contributed by atoms with van der Waals surface area (Å²) in [6.07, 6.45) is 5.58. The fourth-order valence-electron chi connectivity index (χ4n) is 4.44. The van der Waals surface area contributed by atoms with Crippen LogP contribution in [-0.4, -0.2) is 72.8 Å². The van der Waals surface area contributed by atoms with Crippen LogP contribution in [-0.2, 0) is 7.05 Å². The highest BCUT2D eigenvalue weighted by molar-refractivity contribution is 5.99. The van der Waals surface area contributed by atoms with Crippen LogP contribution in [0.5, 0.6) is 0 Å². The van der Waals surface area contributed by atoms with Crippen LogP contribution < -0.4 is 4.90 Å². The van der Waals surface area contributed by atoms with Gasteiger partial charge in [0.15, 0.2) is 0 Å². The number of rotatable bonds is 3. The molecule has 0 saturated carbocycles. The van der Waals surface area contributed by atoms with Crippen molar-refractivity contribution in [2.45, 2.75) is 6.92 Å². The zero-order valence-electron chi connectivity index (χ0n) is 18.4. The third-order valence-corrected chi connectivity index (χ3v) is 6.52. The number of hydrogen-bond acceptors (Lipinski definition) is 6. The number of fused-ring (bicyclic) bond motifs is 2. The van der Waals surface area contributed by atoms with Crippen molar-refractivity contribution in [1.82, 2.24) is 39.6 Å². The lowest BCUT2D eigenvalue weighted by molar-refractivity contribution is 0.312. The van der Waals surface area contributed by atoms with E-state index in [1.165, 1.54) is 0 Å². The Kier molecular flexibility index (Phi) is 4.25. The first kappa shape index (κ1) is 19.0. The third kappa shape index (κ3) is 2.96. The average molecular weight is 428 g/mol. The van der Waals surface area contributed by atoms with Gasteiger partial charge in [0.1, 0.15) is 17.3 Å². The van der Waals surface area contributed by atoms with Gasteiger partial charge >= 0.3 is 0 Å². The lowest BCUT2D eigenvalue weighted by Gasteiger charge is -2.33. The summed E-state index contributed by atoms with van der Waals surface area (Å²) in [6.45, 7) is 6.04. The van der Waals surface area contributed by atoms with E-state index >= 15 is 0 Å². The van der Waals surface area contributed by atoms with Crippen LogP contribution >= 0.6 is 0 Å². The van der Waals surface area contributed by atoms with E-state index in [9.17, 15) is 0 Å². The molecule has 0 bridgehead atoms. The van der Waals surface area contributed by atoms with Crippen molar-refractivity contribution in [2.75, 3.05) is 38.1 Å². The predicted octanol–water partition coefficient (Wildman–Crippen LogP) is 2.96. The number of H-pyrrole nitrogens is 2. The van der Waals surface area contributed by atoms with Gasteiger partial charge in [-0.05, 0) is 32.2 Å². The first-order valence-corrected chi connectivity index (χ1v) is 10.8. The van der Waals surface area contributed by atoms with Crippen LogP contribution in [0.15, 0.2) is 36.8 Å². The standard InChI is InChI=1S/C23H25N9/c1-14-25-13-21(31(14)3)18-10-15-20(12-26-18)28-29-22(15)19-11-16-17(27-19)4-5-24-23(16)32-8-6-30(2)7-9-32/h4-5,10-13,27H,6-9H2,1-3H3,(H,28,29). The van der Waals surface area contributed by atoms with Gasteiger partial charge in [-0.1, -0.05) is 0 Å². The molecule has 1 aliphatic heterocycles. The molecule has 0 spiro atoms. The molecule has 1 aliphatic rings. The molecule has 6 rings (SSSR count). The molecule has 0 aliphatic carbocycles. The number of anilines is 1.